The number of nitrogens with zero attached hydrogens (tertiary/aromatic N) is 1. The van der Waals surface area contributed by atoms with Crippen LogP contribution in [0.5, 0.6) is 0 Å². The normalized spacial score (nSPS) is 12.2. The van der Waals surface area contributed by atoms with Crippen LogP contribution in [-0.4, -0.2) is 25.5 Å². The summed E-state index contributed by atoms with van der Waals surface area (Å²) in [6.07, 6.45) is 14.0. The van der Waals surface area contributed by atoms with Gasteiger partial charge in [0.1, 0.15) is 0 Å². The largest absolute Gasteiger partial charge is 0.309 e. The van der Waals surface area contributed by atoms with E-state index in [0.29, 0.717) is 0 Å². The van der Waals surface area contributed by atoms with Crippen molar-refractivity contribution < 1.29 is 0 Å². The van der Waals surface area contributed by atoms with E-state index in [1.54, 1.807) is 5.57 Å². The third-order valence-corrected chi connectivity index (χ3v) is 3.67. The first-order chi connectivity index (χ1) is 9.06. The predicted octanol–water partition coefficient (Wildman–Crippen LogP) is 5.58. The fraction of sp³-hybridized carbons (Fsp3) is 0.778. The molecule has 0 rings (SSSR count). The van der Waals surface area contributed by atoms with E-state index in [1.807, 2.05) is 0 Å². The van der Waals surface area contributed by atoms with Gasteiger partial charge in [0.2, 0.25) is 0 Å². The lowest BCUT2D eigenvalue weighted by atomic mass is 10.0. The zero-order chi connectivity index (χ0) is 14.5. The van der Waals surface area contributed by atoms with Crippen LogP contribution in [0.1, 0.15) is 71.6 Å². The second kappa shape index (κ2) is 12.5. The zero-order valence-corrected chi connectivity index (χ0v) is 13.8. The van der Waals surface area contributed by atoms with Gasteiger partial charge in [0.25, 0.3) is 0 Å². The quantitative estimate of drug-likeness (QED) is 0.329. The smallest absolute Gasteiger partial charge is 0.00248 e. The Kier molecular flexibility index (Phi) is 12.1. The Morgan fingerprint density at radius 1 is 1.00 bits per heavy atom. The van der Waals surface area contributed by atoms with Crippen molar-refractivity contribution in [2.75, 3.05) is 20.6 Å². The highest BCUT2D eigenvalue weighted by molar-refractivity contribution is 5.01. The molecule has 19 heavy (non-hydrogen) atoms. The van der Waals surface area contributed by atoms with Crippen molar-refractivity contribution in [2.24, 2.45) is 0 Å². The fourth-order valence-corrected chi connectivity index (χ4v) is 2.16. The molecular weight excluding hydrogens is 230 g/mol. The molecule has 0 aromatic carbocycles. The maximum atomic E-state index is 4.05. The molecule has 0 aliphatic rings. The van der Waals surface area contributed by atoms with E-state index in [-0.39, 0.29) is 0 Å². The topological polar surface area (TPSA) is 3.24 Å². The molecule has 0 heterocycles. The predicted molar refractivity (Wildman–Crippen MR) is 88.7 cm³/mol. The van der Waals surface area contributed by atoms with Crippen LogP contribution < -0.4 is 0 Å². The summed E-state index contributed by atoms with van der Waals surface area (Å²) in [6.45, 7) is 9.76. The summed E-state index contributed by atoms with van der Waals surface area (Å²) in [6, 6.07) is 0. The third kappa shape index (κ3) is 13.7. The molecule has 0 aromatic rings. The molecule has 0 amide bonds. The molecule has 1 heteroatoms. The molecule has 0 saturated carbocycles. The zero-order valence-electron chi connectivity index (χ0n) is 13.8. The van der Waals surface area contributed by atoms with Crippen LogP contribution in [0.2, 0.25) is 0 Å². The second-order valence-electron chi connectivity index (χ2n) is 6.01. The lowest BCUT2D eigenvalue weighted by molar-refractivity contribution is 0.389. The number of rotatable bonds is 12. The molecule has 0 saturated heterocycles. The Hall–Kier alpha value is -0.560. The Labute approximate surface area is 121 Å². The van der Waals surface area contributed by atoms with Crippen molar-refractivity contribution in [2.45, 2.75) is 71.6 Å². The van der Waals surface area contributed by atoms with Crippen molar-refractivity contribution in [3.63, 3.8) is 0 Å². The Balaban J connectivity index is 3.39. The fourth-order valence-electron chi connectivity index (χ4n) is 2.16. The van der Waals surface area contributed by atoms with Crippen LogP contribution in [0.15, 0.2) is 23.8 Å². The van der Waals surface area contributed by atoms with Crippen LogP contribution in [0, 0.1) is 0 Å². The summed E-state index contributed by atoms with van der Waals surface area (Å²) in [7, 11) is 4.31. The molecule has 1 nitrogen and oxygen atoms in total. The number of hydrogen-bond donors (Lipinski definition) is 0. The van der Waals surface area contributed by atoms with Gasteiger partial charge >= 0.3 is 0 Å². The van der Waals surface area contributed by atoms with Crippen LogP contribution in [0.4, 0.5) is 0 Å². The van der Waals surface area contributed by atoms with Crippen LogP contribution in [0.3, 0.4) is 0 Å². The Morgan fingerprint density at radius 3 is 2.26 bits per heavy atom. The van der Waals surface area contributed by atoms with Gasteiger partial charge in [-0.2, -0.15) is 0 Å². The van der Waals surface area contributed by atoms with Gasteiger partial charge in [-0.3, -0.25) is 0 Å². The van der Waals surface area contributed by atoms with E-state index in [1.165, 1.54) is 63.5 Å². The lowest BCUT2D eigenvalue weighted by Gasteiger charge is -2.08. The van der Waals surface area contributed by atoms with Crippen LogP contribution in [-0.2, 0) is 0 Å². The van der Waals surface area contributed by atoms with Gasteiger partial charge in [-0.15, -0.1) is 0 Å². The van der Waals surface area contributed by atoms with E-state index in [9.17, 15) is 0 Å². The summed E-state index contributed by atoms with van der Waals surface area (Å²) in [4.78, 5) is 2.27. The number of allylic oxidation sites excluding steroid dienone is 3. The minimum Gasteiger partial charge on any atom is -0.309 e. The number of hydrogen-bond acceptors (Lipinski definition) is 1. The maximum absolute atomic E-state index is 4.05. The SMILES string of the molecule is C=C(CC)CC/C=C(\C)CCCCCCCN(C)C. The monoisotopic (exact) mass is 265 g/mol. The van der Waals surface area contributed by atoms with Gasteiger partial charge in [0.05, 0.1) is 0 Å². The minimum atomic E-state index is 1.12. The van der Waals surface area contributed by atoms with Crippen molar-refractivity contribution in [3.8, 4) is 0 Å². The molecule has 0 unspecified atom stereocenters. The summed E-state index contributed by atoms with van der Waals surface area (Å²) in [5, 5.41) is 0. The van der Waals surface area contributed by atoms with Crippen LogP contribution >= 0.6 is 0 Å². The second-order valence-corrected chi connectivity index (χ2v) is 6.01. The van der Waals surface area contributed by atoms with Crippen molar-refractivity contribution >= 4 is 0 Å². The molecule has 112 valence electrons. The summed E-state index contributed by atoms with van der Waals surface area (Å²) in [5.41, 5.74) is 2.95. The van der Waals surface area contributed by atoms with Gasteiger partial charge in [-0.25, -0.2) is 0 Å². The molecule has 0 aromatic heterocycles. The van der Waals surface area contributed by atoms with E-state index < -0.39 is 0 Å². The average molecular weight is 265 g/mol. The van der Waals surface area contributed by atoms with Gasteiger partial charge in [-0.1, -0.05) is 50.0 Å². The van der Waals surface area contributed by atoms with E-state index in [4.69, 9.17) is 0 Å². The third-order valence-electron chi connectivity index (χ3n) is 3.67. The van der Waals surface area contributed by atoms with Gasteiger partial charge in [0.15, 0.2) is 0 Å². The minimum absolute atomic E-state index is 1.12. The van der Waals surface area contributed by atoms with Gasteiger partial charge < -0.3 is 4.90 Å². The van der Waals surface area contributed by atoms with E-state index >= 15 is 0 Å². The molecule has 0 N–H and O–H groups in total. The Morgan fingerprint density at radius 2 is 1.63 bits per heavy atom. The molecule has 0 fully saturated rings. The molecule has 0 radical (unpaired) electrons. The lowest BCUT2D eigenvalue weighted by Crippen LogP contribution is -2.12. The highest BCUT2D eigenvalue weighted by atomic mass is 15.0. The van der Waals surface area contributed by atoms with Crippen LogP contribution in [0.25, 0.3) is 0 Å². The summed E-state index contributed by atoms with van der Waals surface area (Å²) >= 11 is 0. The first kappa shape index (κ1) is 18.4. The molecule has 0 aliphatic carbocycles. The van der Waals surface area contributed by atoms with E-state index in [0.717, 1.165) is 6.42 Å². The van der Waals surface area contributed by atoms with Crippen molar-refractivity contribution in [1.82, 2.24) is 4.90 Å². The maximum Gasteiger partial charge on any atom is -0.00248 e. The Bertz CT molecular complexity index is 250. The molecule has 0 bridgehead atoms. The average Bonchev–Trinajstić information content (AvgIpc) is 2.37. The van der Waals surface area contributed by atoms with Crippen molar-refractivity contribution in [1.29, 1.82) is 0 Å². The number of unbranched alkanes of at least 4 members (excludes halogenated alkanes) is 4. The molecular formula is C18H35N. The molecule has 0 spiro atoms. The first-order valence-corrected chi connectivity index (χ1v) is 8.03. The first-order valence-electron chi connectivity index (χ1n) is 8.03. The highest BCUT2D eigenvalue weighted by Gasteiger charge is 1.95. The van der Waals surface area contributed by atoms with Gasteiger partial charge in [-0.05, 0) is 66.1 Å². The standard InChI is InChI=1S/C18H35N/c1-6-17(2)14-12-15-18(3)13-10-8-7-9-11-16-19(4)5/h15H,2,6-14,16H2,1,3-5H3/b18-15+. The highest BCUT2D eigenvalue weighted by Crippen LogP contribution is 2.13. The van der Waals surface area contributed by atoms with E-state index in [2.05, 4.69) is 45.5 Å². The van der Waals surface area contributed by atoms with Gasteiger partial charge in [0, 0.05) is 0 Å². The molecule has 0 aliphatic heterocycles. The summed E-state index contributed by atoms with van der Waals surface area (Å²) < 4.78 is 0. The van der Waals surface area contributed by atoms with Crippen molar-refractivity contribution in [3.05, 3.63) is 23.8 Å². The molecule has 0 atom stereocenters. The summed E-state index contributed by atoms with van der Waals surface area (Å²) in [5.74, 6) is 0.